The molecule has 2 aliphatic heterocycles. The van der Waals surface area contributed by atoms with Crippen molar-refractivity contribution in [2.75, 3.05) is 26.2 Å². The molecule has 2 saturated heterocycles. The van der Waals surface area contributed by atoms with Gasteiger partial charge in [0.1, 0.15) is 0 Å². The molecule has 2 rings (SSSR count). The van der Waals surface area contributed by atoms with Crippen LogP contribution in [0.3, 0.4) is 0 Å². The molecule has 0 unspecified atom stereocenters. The molecule has 0 aromatic carbocycles. The van der Waals surface area contributed by atoms with Crippen LogP contribution < -0.4 is 0 Å². The van der Waals surface area contributed by atoms with Gasteiger partial charge in [0, 0.05) is 5.92 Å². The third-order valence-corrected chi connectivity index (χ3v) is 3.81. The second-order valence-electron chi connectivity index (χ2n) is 4.44. The molecule has 0 N–H and O–H groups in total. The van der Waals surface area contributed by atoms with Gasteiger partial charge in [-0.1, -0.05) is 0 Å². The van der Waals surface area contributed by atoms with Gasteiger partial charge in [0.25, 0.3) is 0 Å². The van der Waals surface area contributed by atoms with Crippen LogP contribution in [0.2, 0.25) is 0 Å². The van der Waals surface area contributed by atoms with Crippen molar-refractivity contribution in [3.05, 3.63) is 0 Å². The Hall–Kier alpha value is -0.0400. The summed E-state index contributed by atoms with van der Waals surface area (Å²) in [6.45, 7) is 8.22. The number of fused-ring (bicyclic) bond motifs is 2. The fourth-order valence-electron chi connectivity index (χ4n) is 3.05. The van der Waals surface area contributed by atoms with Gasteiger partial charge in [-0.3, -0.25) is 0 Å². The summed E-state index contributed by atoms with van der Waals surface area (Å²) in [4.78, 5) is 0. The first-order valence-electron chi connectivity index (χ1n) is 5.20. The molecule has 64 valence electrons. The summed E-state index contributed by atoms with van der Waals surface area (Å²) in [5, 5.41) is 0. The van der Waals surface area contributed by atoms with E-state index in [0.717, 1.165) is 5.92 Å². The van der Waals surface area contributed by atoms with Gasteiger partial charge in [-0.15, -0.1) is 0 Å². The first-order chi connectivity index (χ1) is 5.35. The van der Waals surface area contributed by atoms with Crippen molar-refractivity contribution in [1.29, 1.82) is 0 Å². The molecule has 11 heavy (non-hydrogen) atoms. The van der Waals surface area contributed by atoms with Crippen LogP contribution in [0.4, 0.5) is 0 Å². The molecule has 2 heterocycles. The first kappa shape index (κ1) is 7.60. The maximum absolute atomic E-state index is 2.37. The molecule has 2 fully saturated rings. The van der Waals surface area contributed by atoms with Gasteiger partial charge in [0.15, 0.2) is 0 Å². The lowest BCUT2D eigenvalue weighted by Crippen LogP contribution is -2.57. The number of hydrogen-bond donors (Lipinski definition) is 0. The van der Waals surface area contributed by atoms with Gasteiger partial charge in [-0.2, -0.15) is 0 Å². The maximum atomic E-state index is 2.37. The largest absolute Gasteiger partial charge is 0.324 e. The molecular formula is C10H20N+. The van der Waals surface area contributed by atoms with Gasteiger partial charge in [-0.05, 0) is 32.6 Å². The highest BCUT2D eigenvalue weighted by Crippen LogP contribution is 2.31. The molecule has 1 nitrogen and oxygen atoms in total. The Labute approximate surface area is 70.0 Å². The number of rotatable bonds is 1. The van der Waals surface area contributed by atoms with Crippen LogP contribution in [0.5, 0.6) is 0 Å². The number of piperidine rings is 2. The summed E-state index contributed by atoms with van der Waals surface area (Å²) in [6.07, 6.45) is 6.05. The Bertz CT molecular complexity index is 132. The molecule has 0 amide bonds. The highest BCUT2D eigenvalue weighted by molar-refractivity contribution is 4.69. The first-order valence-corrected chi connectivity index (χ1v) is 5.20. The van der Waals surface area contributed by atoms with E-state index in [1.54, 1.807) is 0 Å². The number of hydrogen-bond acceptors (Lipinski definition) is 0. The Morgan fingerprint density at radius 1 is 1.18 bits per heavy atom. The van der Waals surface area contributed by atoms with Crippen molar-refractivity contribution >= 4 is 0 Å². The van der Waals surface area contributed by atoms with E-state index in [1.807, 2.05) is 0 Å². The lowest BCUT2D eigenvalue weighted by Gasteiger charge is -2.47. The Kier molecular flexibility index (Phi) is 1.92. The van der Waals surface area contributed by atoms with Crippen LogP contribution in [-0.2, 0) is 0 Å². The fourth-order valence-corrected chi connectivity index (χ4v) is 3.05. The Balaban J connectivity index is 2.07. The van der Waals surface area contributed by atoms with E-state index in [1.165, 1.54) is 56.3 Å². The van der Waals surface area contributed by atoms with Gasteiger partial charge >= 0.3 is 0 Å². The fraction of sp³-hybridized carbons (Fsp3) is 1.00. The van der Waals surface area contributed by atoms with Crippen molar-refractivity contribution < 1.29 is 4.48 Å². The summed E-state index contributed by atoms with van der Waals surface area (Å²) in [7, 11) is 0. The zero-order chi connectivity index (χ0) is 7.73. The van der Waals surface area contributed by atoms with Crippen LogP contribution in [0.15, 0.2) is 0 Å². The van der Waals surface area contributed by atoms with Crippen LogP contribution in [0.25, 0.3) is 0 Å². The van der Waals surface area contributed by atoms with E-state index in [0.29, 0.717) is 0 Å². The molecule has 2 bridgehead atoms. The standard InChI is InChI=1S/C10H20N/c1-2-11-7-3-5-10(9-11)6-4-8-11/h10H,2-9H2,1H3/q+1. The number of quaternary nitrogens is 1. The van der Waals surface area contributed by atoms with Crippen molar-refractivity contribution in [2.24, 2.45) is 5.92 Å². The summed E-state index contributed by atoms with van der Waals surface area (Å²) in [5.74, 6) is 1.09. The highest BCUT2D eigenvalue weighted by atomic mass is 15.4. The Morgan fingerprint density at radius 2 is 1.82 bits per heavy atom. The lowest BCUT2D eigenvalue weighted by molar-refractivity contribution is -0.939. The van der Waals surface area contributed by atoms with Crippen molar-refractivity contribution in [2.45, 2.75) is 32.6 Å². The zero-order valence-corrected chi connectivity index (χ0v) is 7.68. The molecule has 0 atom stereocenters. The molecule has 0 radical (unpaired) electrons. The van der Waals surface area contributed by atoms with Crippen molar-refractivity contribution in [1.82, 2.24) is 0 Å². The van der Waals surface area contributed by atoms with Gasteiger partial charge < -0.3 is 4.48 Å². The van der Waals surface area contributed by atoms with Gasteiger partial charge in [0.2, 0.25) is 0 Å². The average Bonchev–Trinajstić information content (AvgIpc) is 2.05. The summed E-state index contributed by atoms with van der Waals surface area (Å²) in [5.41, 5.74) is 0. The summed E-state index contributed by atoms with van der Waals surface area (Å²) in [6, 6.07) is 0. The third-order valence-electron chi connectivity index (χ3n) is 3.81. The normalized spacial score (nSPS) is 43.9. The molecule has 0 aromatic heterocycles. The third kappa shape index (κ3) is 1.31. The maximum Gasteiger partial charge on any atom is 0.0815 e. The number of nitrogens with zero attached hydrogens (tertiary/aromatic N) is 1. The van der Waals surface area contributed by atoms with Gasteiger partial charge in [-0.25, -0.2) is 0 Å². The monoisotopic (exact) mass is 154 g/mol. The van der Waals surface area contributed by atoms with Gasteiger partial charge in [0.05, 0.1) is 26.2 Å². The van der Waals surface area contributed by atoms with Crippen LogP contribution in [0, 0.1) is 5.92 Å². The molecule has 2 aliphatic rings. The summed E-state index contributed by atoms with van der Waals surface area (Å²) >= 11 is 0. The smallest absolute Gasteiger partial charge is 0.0815 e. The minimum atomic E-state index is 1.09. The SMILES string of the molecule is CC[N+]12CCCC(CCC1)C2. The quantitative estimate of drug-likeness (QED) is 0.507. The Morgan fingerprint density at radius 3 is 2.27 bits per heavy atom. The lowest BCUT2D eigenvalue weighted by atomic mass is 9.87. The van der Waals surface area contributed by atoms with E-state index >= 15 is 0 Å². The van der Waals surface area contributed by atoms with Crippen molar-refractivity contribution in [3.63, 3.8) is 0 Å². The second kappa shape index (κ2) is 2.78. The van der Waals surface area contributed by atoms with Crippen molar-refractivity contribution in [3.8, 4) is 0 Å². The van der Waals surface area contributed by atoms with Crippen LogP contribution in [-0.4, -0.2) is 30.7 Å². The molecule has 0 saturated carbocycles. The molecule has 0 aromatic rings. The topological polar surface area (TPSA) is 0 Å². The highest BCUT2D eigenvalue weighted by Gasteiger charge is 2.36. The van der Waals surface area contributed by atoms with E-state index in [2.05, 4.69) is 6.92 Å². The predicted octanol–water partition coefficient (Wildman–Crippen LogP) is 2.03. The molecule has 1 heteroatoms. The van der Waals surface area contributed by atoms with Crippen LogP contribution in [0.1, 0.15) is 32.6 Å². The average molecular weight is 154 g/mol. The predicted molar refractivity (Wildman–Crippen MR) is 47.4 cm³/mol. The minimum absolute atomic E-state index is 1.09. The second-order valence-corrected chi connectivity index (χ2v) is 4.44. The molecule has 0 aliphatic carbocycles. The van der Waals surface area contributed by atoms with Crippen LogP contribution >= 0.6 is 0 Å². The zero-order valence-electron chi connectivity index (χ0n) is 7.68. The minimum Gasteiger partial charge on any atom is -0.324 e. The van der Waals surface area contributed by atoms with E-state index < -0.39 is 0 Å². The van der Waals surface area contributed by atoms with E-state index in [9.17, 15) is 0 Å². The van der Waals surface area contributed by atoms with E-state index in [-0.39, 0.29) is 0 Å². The molecule has 0 spiro atoms. The molecular weight excluding hydrogens is 134 g/mol. The summed E-state index contributed by atoms with van der Waals surface area (Å²) < 4.78 is 1.46. The van der Waals surface area contributed by atoms with E-state index in [4.69, 9.17) is 0 Å².